The lowest BCUT2D eigenvalue weighted by atomic mass is 9.99. The zero-order valence-corrected chi connectivity index (χ0v) is 17.2. The van der Waals surface area contributed by atoms with Crippen LogP contribution in [-0.2, 0) is 6.54 Å². The van der Waals surface area contributed by atoms with Gasteiger partial charge in [0.15, 0.2) is 0 Å². The topological polar surface area (TPSA) is 70.2 Å². The van der Waals surface area contributed by atoms with Crippen LogP contribution in [0.4, 0.5) is 11.5 Å². The van der Waals surface area contributed by atoms with Crippen LogP contribution in [0.2, 0.25) is 0 Å². The van der Waals surface area contributed by atoms with Crippen molar-refractivity contribution in [2.45, 2.75) is 19.4 Å². The normalized spacial score (nSPS) is 13.6. The van der Waals surface area contributed by atoms with Crippen LogP contribution in [0.15, 0.2) is 72.2 Å². The van der Waals surface area contributed by atoms with E-state index < -0.39 is 0 Å². The number of carbonyl (C=O) groups is 1. The van der Waals surface area contributed by atoms with Gasteiger partial charge in [0, 0.05) is 25.1 Å². The minimum absolute atomic E-state index is 0.232. The van der Waals surface area contributed by atoms with Crippen molar-refractivity contribution in [2.24, 2.45) is 4.99 Å². The third-order valence-corrected chi connectivity index (χ3v) is 4.94. The highest BCUT2D eigenvalue weighted by atomic mass is 16.1. The van der Waals surface area contributed by atoms with E-state index in [0.29, 0.717) is 12.1 Å². The van der Waals surface area contributed by atoms with Gasteiger partial charge in [0.2, 0.25) is 0 Å². The third-order valence-electron chi connectivity index (χ3n) is 4.94. The van der Waals surface area contributed by atoms with E-state index in [-0.39, 0.29) is 5.92 Å². The summed E-state index contributed by atoms with van der Waals surface area (Å²) in [7, 11) is 1.83. The number of hydrogen-bond acceptors (Lipinski definition) is 4. The first-order chi connectivity index (χ1) is 14.6. The van der Waals surface area contributed by atoms with Crippen LogP contribution < -0.4 is 16.0 Å². The Morgan fingerprint density at radius 2 is 1.90 bits per heavy atom. The first kappa shape index (κ1) is 20.8. The van der Waals surface area contributed by atoms with Crippen molar-refractivity contribution in [3.8, 4) is 6.07 Å². The van der Waals surface area contributed by atoms with Crippen LogP contribution in [0.25, 0.3) is 6.08 Å². The Morgan fingerprint density at radius 3 is 2.50 bits per heavy atom. The summed E-state index contributed by atoms with van der Waals surface area (Å²) in [6.07, 6.45) is 4.84. The summed E-state index contributed by atoms with van der Waals surface area (Å²) in [5, 5.41) is 14.4. The Bertz CT molecular complexity index is 1220. The van der Waals surface area contributed by atoms with Crippen molar-refractivity contribution in [1.82, 2.24) is 4.57 Å². The smallest absolute Gasteiger partial charge is 0.150 e. The number of nitriles is 1. The second-order valence-corrected chi connectivity index (χ2v) is 6.87. The second kappa shape index (κ2) is 9.53. The summed E-state index contributed by atoms with van der Waals surface area (Å²) in [5.41, 5.74) is 3.42. The molecule has 3 aromatic rings. The van der Waals surface area contributed by atoms with Crippen LogP contribution in [0, 0.1) is 11.3 Å². The van der Waals surface area contributed by atoms with E-state index in [9.17, 15) is 10.1 Å². The number of rotatable bonds is 4. The molecular formula is C25H24N4O. The Morgan fingerprint density at radius 1 is 1.20 bits per heavy atom. The number of fused-ring (bicyclic) bond motifs is 2. The average molecular weight is 396 g/mol. The quantitative estimate of drug-likeness (QED) is 0.536. The summed E-state index contributed by atoms with van der Waals surface area (Å²) in [4.78, 5) is 14.8. The van der Waals surface area contributed by atoms with Gasteiger partial charge in [-0.2, -0.15) is 5.26 Å². The molecule has 1 unspecified atom stereocenters. The summed E-state index contributed by atoms with van der Waals surface area (Å²) in [6.45, 7) is 6.61. The van der Waals surface area contributed by atoms with E-state index in [2.05, 4.69) is 41.6 Å². The lowest BCUT2D eigenvalue weighted by Gasteiger charge is -2.10. The Hall–Kier alpha value is -3.91. The van der Waals surface area contributed by atoms with Crippen LogP contribution >= 0.6 is 0 Å². The van der Waals surface area contributed by atoms with Crippen LogP contribution in [-0.4, -0.2) is 17.9 Å². The van der Waals surface area contributed by atoms with Crippen LogP contribution in [0.3, 0.4) is 0 Å². The fraction of sp³-hybridized carbons (Fsp3) is 0.160. The van der Waals surface area contributed by atoms with E-state index in [1.54, 1.807) is 12.1 Å². The number of para-hydroxylation sites is 1. The largest absolute Gasteiger partial charge is 0.373 e. The van der Waals surface area contributed by atoms with Crippen molar-refractivity contribution in [3.05, 3.63) is 94.6 Å². The number of hydrogen-bond donors (Lipinski definition) is 1. The molecule has 4 rings (SSSR count). The molecule has 0 radical (unpaired) electrons. The highest BCUT2D eigenvalue weighted by Crippen LogP contribution is 2.28. The number of nitrogens with one attached hydrogen (secondary N) is 1. The summed E-state index contributed by atoms with van der Waals surface area (Å²) in [5.74, 6) is 1.02. The van der Waals surface area contributed by atoms with E-state index in [1.165, 1.54) is 5.56 Å². The number of nitrogens with zero attached hydrogens (tertiary/aromatic N) is 3. The molecule has 0 amide bonds. The number of benzene rings is 2. The zero-order valence-electron chi connectivity index (χ0n) is 17.2. The molecule has 5 heteroatoms. The average Bonchev–Trinajstić information content (AvgIpc) is 2.97. The molecule has 0 fully saturated rings. The van der Waals surface area contributed by atoms with E-state index in [0.717, 1.165) is 34.1 Å². The second-order valence-electron chi connectivity index (χ2n) is 6.87. The maximum Gasteiger partial charge on any atom is 0.150 e. The van der Waals surface area contributed by atoms with Crippen molar-refractivity contribution in [1.29, 1.82) is 5.26 Å². The Labute approximate surface area is 176 Å². The summed E-state index contributed by atoms with van der Waals surface area (Å²) in [6, 6.07) is 19.5. The fourth-order valence-electron chi connectivity index (χ4n) is 3.54. The molecule has 30 heavy (non-hydrogen) atoms. The predicted octanol–water partition coefficient (Wildman–Crippen LogP) is 3.94. The Kier molecular flexibility index (Phi) is 6.61. The zero-order chi connectivity index (χ0) is 21.5. The maximum absolute atomic E-state index is 10.0. The van der Waals surface area contributed by atoms with Gasteiger partial charge in [0.1, 0.15) is 29.1 Å². The first-order valence-electron chi connectivity index (χ1n) is 9.75. The molecule has 1 aliphatic heterocycles. The van der Waals surface area contributed by atoms with Gasteiger partial charge in [0.25, 0.3) is 0 Å². The monoisotopic (exact) mass is 396 g/mol. The molecule has 1 atom stereocenters. The van der Waals surface area contributed by atoms with Gasteiger partial charge in [-0.15, -0.1) is 6.58 Å². The van der Waals surface area contributed by atoms with Crippen molar-refractivity contribution < 1.29 is 4.79 Å². The van der Waals surface area contributed by atoms with Crippen molar-refractivity contribution in [3.63, 3.8) is 0 Å². The molecular weight excluding hydrogens is 372 g/mol. The van der Waals surface area contributed by atoms with Crippen molar-refractivity contribution in [2.75, 3.05) is 12.4 Å². The van der Waals surface area contributed by atoms with Gasteiger partial charge >= 0.3 is 0 Å². The molecule has 0 bridgehead atoms. The summed E-state index contributed by atoms with van der Waals surface area (Å²) >= 11 is 0. The van der Waals surface area contributed by atoms with Gasteiger partial charge < -0.3 is 9.88 Å². The predicted molar refractivity (Wildman–Crippen MR) is 120 cm³/mol. The molecule has 1 N–H and O–H groups in total. The minimum Gasteiger partial charge on any atom is -0.373 e. The van der Waals surface area contributed by atoms with Crippen molar-refractivity contribution >= 4 is 23.9 Å². The molecule has 0 saturated heterocycles. The molecule has 0 saturated carbocycles. The SMILES string of the molecule is C=CCn1c(NC)c(C#N)c2c1=CC(C)c1ccccc1N=2.O=Cc1ccccc1. The molecule has 1 aromatic heterocycles. The molecule has 5 nitrogen and oxygen atoms in total. The molecule has 0 spiro atoms. The van der Waals surface area contributed by atoms with E-state index in [4.69, 9.17) is 4.99 Å². The van der Waals surface area contributed by atoms with Gasteiger partial charge in [-0.05, 0) is 11.6 Å². The molecule has 150 valence electrons. The molecule has 1 aliphatic rings. The number of aromatic nitrogens is 1. The lowest BCUT2D eigenvalue weighted by molar-refractivity contribution is 0.112. The maximum atomic E-state index is 10.0. The van der Waals surface area contributed by atoms with Gasteiger partial charge in [-0.25, -0.2) is 4.99 Å². The van der Waals surface area contributed by atoms with Crippen LogP contribution in [0.5, 0.6) is 0 Å². The lowest BCUT2D eigenvalue weighted by Crippen LogP contribution is -2.30. The third kappa shape index (κ3) is 4.08. The highest BCUT2D eigenvalue weighted by molar-refractivity contribution is 5.74. The number of anilines is 1. The van der Waals surface area contributed by atoms with Gasteiger partial charge in [0.05, 0.1) is 11.0 Å². The molecule has 2 heterocycles. The Balaban J connectivity index is 0.000000269. The molecule has 0 aliphatic carbocycles. The van der Waals surface area contributed by atoms with Crippen LogP contribution in [0.1, 0.15) is 34.3 Å². The number of aldehydes is 1. The number of carbonyl (C=O) groups excluding carboxylic acids is 1. The summed E-state index contributed by atoms with van der Waals surface area (Å²) < 4.78 is 2.06. The first-order valence-corrected chi connectivity index (χ1v) is 9.75. The number of allylic oxidation sites excluding steroid dienone is 1. The molecule has 2 aromatic carbocycles. The highest BCUT2D eigenvalue weighted by Gasteiger charge is 2.19. The van der Waals surface area contributed by atoms with E-state index >= 15 is 0 Å². The van der Waals surface area contributed by atoms with Gasteiger partial charge in [-0.1, -0.05) is 67.6 Å². The van der Waals surface area contributed by atoms with E-state index in [1.807, 2.05) is 49.5 Å². The standard InChI is InChI=1S/C18H18N4.C7H6O/c1-4-9-22-16-10-12(2)13-7-5-6-8-15(13)21-17(16)14(11-19)18(22)20-3;8-6-7-4-2-1-3-5-7/h4-8,10,12,20H,1,9H2,2-3H3;1-6H. The van der Waals surface area contributed by atoms with Gasteiger partial charge in [-0.3, -0.25) is 4.79 Å². The minimum atomic E-state index is 0.232. The fourth-order valence-corrected chi connectivity index (χ4v) is 3.54.